The molecule has 2 N–H and O–H groups in total. The Bertz CT molecular complexity index is 738. The van der Waals surface area contributed by atoms with Crippen molar-refractivity contribution in [3.63, 3.8) is 0 Å². The first-order chi connectivity index (χ1) is 11.0. The molecule has 0 saturated carbocycles. The summed E-state index contributed by atoms with van der Waals surface area (Å²) in [7, 11) is 0. The average Bonchev–Trinajstić information content (AvgIpc) is 3.20. The van der Waals surface area contributed by atoms with Crippen LogP contribution in [0.15, 0.2) is 47.4 Å². The lowest BCUT2D eigenvalue weighted by molar-refractivity contribution is -0.137. The van der Waals surface area contributed by atoms with Gasteiger partial charge in [-0.25, -0.2) is 4.98 Å². The highest BCUT2D eigenvalue weighted by molar-refractivity contribution is 7.07. The van der Waals surface area contributed by atoms with Crippen LogP contribution in [0, 0.1) is 0 Å². The van der Waals surface area contributed by atoms with Gasteiger partial charge in [0.2, 0.25) is 0 Å². The number of H-pyrrole nitrogens is 1. The van der Waals surface area contributed by atoms with E-state index in [0.29, 0.717) is 17.9 Å². The number of hydrogen-bond donors (Lipinski definition) is 2. The molecular formula is C15H13F3N4S. The summed E-state index contributed by atoms with van der Waals surface area (Å²) in [5, 5.41) is 13.7. The number of alkyl halides is 3. The minimum Gasteiger partial charge on any atom is -0.299 e. The highest BCUT2D eigenvalue weighted by Gasteiger charge is 2.31. The first-order valence-electron chi connectivity index (χ1n) is 6.81. The van der Waals surface area contributed by atoms with Crippen LogP contribution in [0.25, 0.3) is 0 Å². The Morgan fingerprint density at radius 1 is 1.26 bits per heavy atom. The number of rotatable bonds is 5. The normalized spacial score (nSPS) is 13.2. The zero-order chi connectivity index (χ0) is 16.3. The van der Waals surface area contributed by atoms with Crippen LogP contribution in [-0.4, -0.2) is 15.2 Å². The standard InChI is InChI=1S/C15H13F3N4S/c16-15(17,18)12-3-1-2-11(6-12)13(14-20-9-21-22-14)19-7-10-4-5-23-8-10/h1-6,8-9,13,19H,7H2,(H,20,21,22). The lowest BCUT2D eigenvalue weighted by Gasteiger charge is -2.18. The molecule has 1 aromatic carbocycles. The van der Waals surface area contributed by atoms with Gasteiger partial charge in [-0.1, -0.05) is 12.1 Å². The quantitative estimate of drug-likeness (QED) is 0.745. The number of benzene rings is 1. The minimum absolute atomic E-state index is 0.472. The Morgan fingerprint density at radius 2 is 2.13 bits per heavy atom. The zero-order valence-electron chi connectivity index (χ0n) is 11.8. The van der Waals surface area contributed by atoms with Crippen LogP contribution in [0.3, 0.4) is 0 Å². The third-order valence-electron chi connectivity index (χ3n) is 3.34. The van der Waals surface area contributed by atoms with Crippen molar-refractivity contribution < 1.29 is 13.2 Å². The third kappa shape index (κ3) is 3.77. The van der Waals surface area contributed by atoms with Crippen LogP contribution in [-0.2, 0) is 12.7 Å². The lowest BCUT2D eigenvalue weighted by Crippen LogP contribution is -2.23. The molecule has 0 saturated heterocycles. The highest BCUT2D eigenvalue weighted by Crippen LogP contribution is 2.31. The van der Waals surface area contributed by atoms with Crippen LogP contribution in [0.4, 0.5) is 13.2 Å². The fraction of sp³-hybridized carbons (Fsp3) is 0.200. The van der Waals surface area contributed by atoms with Gasteiger partial charge in [-0.05, 0) is 40.1 Å². The van der Waals surface area contributed by atoms with E-state index in [-0.39, 0.29) is 0 Å². The summed E-state index contributed by atoms with van der Waals surface area (Å²) in [6.45, 7) is 0.519. The molecule has 1 atom stereocenters. The molecule has 0 fully saturated rings. The van der Waals surface area contributed by atoms with Gasteiger partial charge in [0.05, 0.1) is 11.6 Å². The number of aromatic amines is 1. The van der Waals surface area contributed by atoms with E-state index >= 15 is 0 Å². The molecule has 3 aromatic rings. The van der Waals surface area contributed by atoms with E-state index in [2.05, 4.69) is 20.5 Å². The van der Waals surface area contributed by atoms with Crippen LogP contribution in [0.2, 0.25) is 0 Å². The van der Waals surface area contributed by atoms with E-state index in [4.69, 9.17) is 0 Å². The van der Waals surface area contributed by atoms with Gasteiger partial charge in [-0.3, -0.25) is 10.4 Å². The molecule has 4 nitrogen and oxygen atoms in total. The molecule has 120 valence electrons. The molecule has 2 heterocycles. The second-order valence-corrected chi connectivity index (χ2v) is 5.72. The Kier molecular flexibility index (Phi) is 4.44. The van der Waals surface area contributed by atoms with Gasteiger partial charge in [-0.2, -0.15) is 29.6 Å². The first-order valence-corrected chi connectivity index (χ1v) is 7.75. The smallest absolute Gasteiger partial charge is 0.299 e. The average molecular weight is 338 g/mol. The number of aromatic nitrogens is 3. The fourth-order valence-corrected chi connectivity index (χ4v) is 2.90. The molecule has 0 amide bonds. The van der Waals surface area contributed by atoms with Crippen molar-refractivity contribution in [3.05, 3.63) is 69.9 Å². The number of thiophene rings is 1. The molecule has 0 aliphatic rings. The van der Waals surface area contributed by atoms with Crippen LogP contribution in [0.5, 0.6) is 0 Å². The van der Waals surface area contributed by atoms with Crippen molar-refractivity contribution in [3.8, 4) is 0 Å². The van der Waals surface area contributed by atoms with E-state index in [9.17, 15) is 13.2 Å². The predicted octanol–water partition coefficient (Wildman–Crippen LogP) is 3.76. The molecule has 0 bridgehead atoms. The third-order valence-corrected chi connectivity index (χ3v) is 4.08. The maximum atomic E-state index is 12.9. The predicted molar refractivity (Wildman–Crippen MR) is 80.8 cm³/mol. The summed E-state index contributed by atoms with van der Waals surface area (Å²) < 4.78 is 38.8. The Morgan fingerprint density at radius 3 is 2.78 bits per heavy atom. The van der Waals surface area contributed by atoms with Gasteiger partial charge in [0.1, 0.15) is 12.2 Å². The van der Waals surface area contributed by atoms with Crippen LogP contribution >= 0.6 is 11.3 Å². The fourth-order valence-electron chi connectivity index (χ4n) is 2.23. The van der Waals surface area contributed by atoms with E-state index < -0.39 is 17.8 Å². The Balaban J connectivity index is 1.89. The Hall–Kier alpha value is -2.19. The highest BCUT2D eigenvalue weighted by atomic mass is 32.1. The zero-order valence-corrected chi connectivity index (χ0v) is 12.7. The minimum atomic E-state index is -4.38. The van der Waals surface area contributed by atoms with Crippen molar-refractivity contribution >= 4 is 11.3 Å². The largest absolute Gasteiger partial charge is 0.416 e. The molecular weight excluding hydrogens is 325 g/mol. The number of nitrogens with one attached hydrogen (secondary N) is 2. The SMILES string of the molecule is FC(F)(F)c1cccc(C(NCc2ccsc2)c2ncn[nH]2)c1. The second-order valence-electron chi connectivity index (χ2n) is 4.94. The van der Waals surface area contributed by atoms with Crippen molar-refractivity contribution in [1.82, 2.24) is 20.5 Å². The maximum Gasteiger partial charge on any atom is 0.416 e. The molecule has 0 spiro atoms. The van der Waals surface area contributed by atoms with E-state index in [0.717, 1.165) is 17.7 Å². The molecule has 23 heavy (non-hydrogen) atoms. The van der Waals surface area contributed by atoms with Gasteiger partial charge in [-0.15, -0.1) is 0 Å². The summed E-state index contributed by atoms with van der Waals surface area (Å²) >= 11 is 1.57. The van der Waals surface area contributed by atoms with Gasteiger partial charge in [0.15, 0.2) is 0 Å². The maximum absolute atomic E-state index is 12.9. The molecule has 3 rings (SSSR count). The van der Waals surface area contributed by atoms with E-state index in [1.165, 1.54) is 12.4 Å². The molecule has 0 radical (unpaired) electrons. The number of nitrogens with zero attached hydrogens (tertiary/aromatic N) is 2. The van der Waals surface area contributed by atoms with Gasteiger partial charge in [0.25, 0.3) is 0 Å². The topological polar surface area (TPSA) is 53.6 Å². The molecule has 2 aromatic heterocycles. The lowest BCUT2D eigenvalue weighted by atomic mass is 10.0. The molecule has 0 aliphatic carbocycles. The van der Waals surface area contributed by atoms with Crippen molar-refractivity contribution in [1.29, 1.82) is 0 Å². The van der Waals surface area contributed by atoms with Crippen molar-refractivity contribution in [2.45, 2.75) is 18.8 Å². The summed E-state index contributed by atoms with van der Waals surface area (Å²) in [4.78, 5) is 4.08. The number of halogens is 3. The van der Waals surface area contributed by atoms with Gasteiger partial charge in [0, 0.05) is 6.54 Å². The van der Waals surface area contributed by atoms with E-state index in [1.807, 2.05) is 16.8 Å². The molecule has 0 aliphatic heterocycles. The molecule has 1 unspecified atom stereocenters. The summed E-state index contributed by atoms with van der Waals surface area (Å²) in [5.74, 6) is 0.472. The monoisotopic (exact) mass is 338 g/mol. The summed E-state index contributed by atoms with van der Waals surface area (Å²) in [6, 6.07) is 6.69. The van der Waals surface area contributed by atoms with Gasteiger partial charge < -0.3 is 0 Å². The Labute approximate surface area is 134 Å². The first kappa shape index (κ1) is 15.7. The summed E-state index contributed by atoms with van der Waals surface area (Å²) in [6.07, 6.45) is -3.04. The van der Waals surface area contributed by atoms with Gasteiger partial charge >= 0.3 is 6.18 Å². The van der Waals surface area contributed by atoms with E-state index in [1.54, 1.807) is 17.4 Å². The molecule has 8 heteroatoms. The second kappa shape index (κ2) is 6.51. The van der Waals surface area contributed by atoms with Crippen LogP contribution < -0.4 is 5.32 Å². The summed E-state index contributed by atoms with van der Waals surface area (Å²) in [5.41, 5.74) is 0.857. The van der Waals surface area contributed by atoms with Crippen molar-refractivity contribution in [2.24, 2.45) is 0 Å². The number of hydrogen-bond acceptors (Lipinski definition) is 4. The van der Waals surface area contributed by atoms with Crippen molar-refractivity contribution in [2.75, 3.05) is 0 Å². The van der Waals surface area contributed by atoms with Crippen LogP contribution in [0.1, 0.15) is 28.6 Å².